The van der Waals surface area contributed by atoms with Gasteiger partial charge in [-0.1, -0.05) is 30.9 Å². The first-order valence-corrected chi connectivity index (χ1v) is 7.12. The first-order chi connectivity index (χ1) is 8.16. The number of benzene rings is 1. The highest BCUT2D eigenvalue weighted by atomic mass is 35.5. The second-order valence-electron chi connectivity index (χ2n) is 4.32. The molecule has 1 fully saturated rings. The Balaban J connectivity index is 2.16. The summed E-state index contributed by atoms with van der Waals surface area (Å²) >= 11 is 7.52. The van der Waals surface area contributed by atoms with Gasteiger partial charge in [-0.15, -0.1) is 11.8 Å². The third-order valence-corrected chi connectivity index (χ3v) is 4.67. The summed E-state index contributed by atoms with van der Waals surface area (Å²) in [6, 6.07) is 5.12. The molecular weight excluding hydrogens is 256 g/mol. The number of aromatic carboxylic acids is 1. The first-order valence-electron chi connectivity index (χ1n) is 5.86. The Kier molecular flexibility index (Phi) is 4.35. The summed E-state index contributed by atoms with van der Waals surface area (Å²) in [5, 5.41) is 10.2. The van der Waals surface area contributed by atoms with Crippen molar-refractivity contribution < 1.29 is 9.90 Å². The molecule has 92 valence electrons. The van der Waals surface area contributed by atoms with Crippen molar-refractivity contribution >= 4 is 29.3 Å². The minimum Gasteiger partial charge on any atom is -0.478 e. The van der Waals surface area contributed by atoms with E-state index in [-0.39, 0.29) is 0 Å². The van der Waals surface area contributed by atoms with Crippen molar-refractivity contribution in [1.82, 2.24) is 0 Å². The summed E-state index contributed by atoms with van der Waals surface area (Å²) in [4.78, 5) is 12.0. The zero-order valence-corrected chi connectivity index (χ0v) is 11.1. The van der Waals surface area contributed by atoms with E-state index in [2.05, 4.69) is 0 Å². The van der Waals surface area contributed by atoms with Crippen LogP contribution in [0, 0.1) is 0 Å². The van der Waals surface area contributed by atoms with E-state index in [9.17, 15) is 4.79 Å². The number of carboxylic acids is 1. The van der Waals surface area contributed by atoms with Crippen molar-refractivity contribution in [3.8, 4) is 0 Å². The maximum absolute atomic E-state index is 11.1. The second kappa shape index (κ2) is 5.78. The molecule has 0 unspecified atom stereocenters. The van der Waals surface area contributed by atoms with Gasteiger partial charge in [0.2, 0.25) is 0 Å². The third kappa shape index (κ3) is 3.39. The van der Waals surface area contributed by atoms with Crippen LogP contribution in [0.3, 0.4) is 0 Å². The van der Waals surface area contributed by atoms with Crippen molar-refractivity contribution in [2.75, 3.05) is 0 Å². The standard InChI is InChI=1S/C13H15ClO2S/c14-9-6-7-12(11(8-9)13(15)16)17-10-4-2-1-3-5-10/h6-8,10H,1-5H2,(H,15,16). The quantitative estimate of drug-likeness (QED) is 0.881. The molecule has 17 heavy (non-hydrogen) atoms. The number of hydrogen-bond acceptors (Lipinski definition) is 2. The molecule has 0 radical (unpaired) electrons. The van der Waals surface area contributed by atoms with Gasteiger partial charge < -0.3 is 5.11 Å². The van der Waals surface area contributed by atoms with Crippen LogP contribution in [0.25, 0.3) is 0 Å². The molecule has 0 amide bonds. The summed E-state index contributed by atoms with van der Waals surface area (Å²) < 4.78 is 0. The van der Waals surface area contributed by atoms with Crippen molar-refractivity contribution in [2.45, 2.75) is 42.2 Å². The highest BCUT2D eigenvalue weighted by Crippen LogP contribution is 2.36. The smallest absolute Gasteiger partial charge is 0.336 e. The van der Waals surface area contributed by atoms with Crippen molar-refractivity contribution in [3.05, 3.63) is 28.8 Å². The maximum Gasteiger partial charge on any atom is 0.336 e. The SMILES string of the molecule is O=C(O)c1cc(Cl)ccc1SC1CCCCC1. The minimum absolute atomic E-state index is 0.327. The van der Waals surface area contributed by atoms with Crippen LogP contribution in [0.4, 0.5) is 0 Å². The van der Waals surface area contributed by atoms with Gasteiger partial charge in [-0.3, -0.25) is 0 Å². The van der Waals surface area contributed by atoms with Crippen LogP contribution in [0.15, 0.2) is 23.1 Å². The van der Waals surface area contributed by atoms with Gasteiger partial charge in [0.05, 0.1) is 5.56 Å². The molecule has 0 aromatic heterocycles. The highest BCUT2D eigenvalue weighted by molar-refractivity contribution is 8.00. The molecule has 2 rings (SSSR count). The average Bonchev–Trinajstić information content (AvgIpc) is 2.32. The van der Waals surface area contributed by atoms with Gasteiger partial charge in [0, 0.05) is 15.2 Å². The lowest BCUT2D eigenvalue weighted by atomic mass is 10.0. The second-order valence-corrected chi connectivity index (χ2v) is 6.10. The molecular formula is C13H15ClO2S. The topological polar surface area (TPSA) is 37.3 Å². The molecule has 0 aliphatic heterocycles. The van der Waals surface area contributed by atoms with Gasteiger partial charge in [0.25, 0.3) is 0 Å². The molecule has 1 saturated carbocycles. The van der Waals surface area contributed by atoms with E-state index < -0.39 is 5.97 Å². The van der Waals surface area contributed by atoms with Crippen LogP contribution in [-0.2, 0) is 0 Å². The van der Waals surface area contributed by atoms with E-state index in [0.717, 1.165) is 4.90 Å². The molecule has 2 nitrogen and oxygen atoms in total. The molecule has 1 aliphatic rings. The molecule has 1 aromatic rings. The van der Waals surface area contributed by atoms with Crippen molar-refractivity contribution in [2.24, 2.45) is 0 Å². The Bertz CT molecular complexity index is 414. The van der Waals surface area contributed by atoms with E-state index in [1.165, 1.54) is 38.2 Å². The lowest BCUT2D eigenvalue weighted by Gasteiger charge is -2.21. The van der Waals surface area contributed by atoms with Gasteiger partial charge in [-0.05, 0) is 31.0 Å². The Hall–Kier alpha value is -0.670. The molecule has 4 heteroatoms. The normalized spacial score (nSPS) is 17.0. The predicted octanol–water partition coefficient (Wildman–Crippen LogP) is 4.46. The summed E-state index contributed by atoms with van der Waals surface area (Å²) in [5.74, 6) is -0.897. The Morgan fingerprint density at radius 3 is 2.65 bits per heavy atom. The molecule has 0 saturated heterocycles. The molecule has 1 aliphatic carbocycles. The van der Waals surface area contributed by atoms with Crippen LogP contribution in [-0.4, -0.2) is 16.3 Å². The molecule has 0 bridgehead atoms. The summed E-state index contributed by atoms with van der Waals surface area (Å²) in [6.45, 7) is 0. The number of carboxylic acid groups (broad SMARTS) is 1. The molecule has 0 heterocycles. The van der Waals surface area contributed by atoms with Crippen LogP contribution in [0.2, 0.25) is 5.02 Å². The zero-order valence-electron chi connectivity index (χ0n) is 9.49. The maximum atomic E-state index is 11.1. The van der Waals surface area contributed by atoms with Gasteiger partial charge in [-0.25, -0.2) is 4.79 Å². The molecule has 1 aromatic carbocycles. The fraction of sp³-hybridized carbons (Fsp3) is 0.462. The summed E-state index contributed by atoms with van der Waals surface area (Å²) in [7, 11) is 0. The fourth-order valence-electron chi connectivity index (χ4n) is 2.13. The molecule has 0 spiro atoms. The zero-order chi connectivity index (χ0) is 12.3. The van der Waals surface area contributed by atoms with Crippen LogP contribution in [0.5, 0.6) is 0 Å². The fourth-order valence-corrected chi connectivity index (χ4v) is 3.65. The lowest BCUT2D eigenvalue weighted by molar-refractivity contribution is 0.0693. The lowest BCUT2D eigenvalue weighted by Crippen LogP contribution is -2.09. The molecule has 0 atom stereocenters. The number of carbonyl (C=O) groups is 1. The number of hydrogen-bond donors (Lipinski definition) is 1. The number of rotatable bonds is 3. The van der Waals surface area contributed by atoms with E-state index >= 15 is 0 Å². The largest absolute Gasteiger partial charge is 0.478 e. The number of thioether (sulfide) groups is 1. The third-order valence-electron chi connectivity index (χ3n) is 3.02. The van der Waals surface area contributed by atoms with E-state index in [0.29, 0.717) is 15.8 Å². The Labute approximate surface area is 110 Å². The van der Waals surface area contributed by atoms with Crippen LogP contribution in [0.1, 0.15) is 42.5 Å². The van der Waals surface area contributed by atoms with Crippen LogP contribution >= 0.6 is 23.4 Å². The summed E-state index contributed by atoms with van der Waals surface area (Å²) in [5.41, 5.74) is 0.327. The minimum atomic E-state index is -0.897. The van der Waals surface area contributed by atoms with Crippen molar-refractivity contribution in [1.29, 1.82) is 0 Å². The Morgan fingerprint density at radius 2 is 2.00 bits per heavy atom. The van der Waals surface area contributed by atoms with E-state index in [1.807, 2.05) is 6.07 Å². The monoisotopic (exact) mass is 270 g/mol. The van der Waals surface area contributed by atoms with Gasteiger partial charge in [0.15, 0.2) is 0 Å². The van der Waals surface area contributed by atoms with E-state index in [4.69, 9.17) is 16.7 Å². The van der Waals surface area contributed by atoms with Gasteiger partial charge in [-0.2, -0.15) is 0 Å². The average molecular weight is 271 g/mol. The highest BCUT2D eigenvalue weighted by Gasteiger charge is 2.18. The summed E-state index contributed by atoms with van der Waals surface area (Å²) in [6.07, 6.45) is 6.20. The van der Waals surface area contributed by atoms with Gasteiger partial charge in [0.1, 0.15) is 0 Å². The van der Waals surface area contributed by atoms with Crippen molar-refractivity contribution in [3.63, 3.8) is 0 Å². The molecule has 1 N–H and O–H groups in total. The van der Waals surface area contributed by atoms with Crippen LogP contribution < -0.4 is 0 Å². The Morgan fingerprint density at radius 1 is 1.29 bits per heavy atom. The van der Waals surface area contributed by atoms with Gasteiger partial charge >= 0.3 is 5.97 Å². The predicted molar refractivity (Wildman–Crippen MR) is 71.1 cm³/mol. The first kappa shape index (κ1) is 12.8. The van der Waals surface area contributed by atoms with E-state index in [1.54, 1.807) is 17.8 Å². The number of halogens is 1.